The average molecular weight is 243 g/mol. The first-order chi connectivity index (χ1) is 7.49. The van der Waals surface area contributed by atoms with Gasteiger partial charge in [-0.3, -0.25) is 0 Å². The second-order valence-electron chi connectivity index (χ2n) is 4.84. The molecule has 0 radical (unpaired) electrons. The summed E-state index contributed by atoms with van der Waals surface area (Å²) < 4.78 is 13.1. The van der Waals surface area contributed by atoms with Crippen molar-refractivity contribution in [1.82, 2.24) is 0 Å². The summed E-state index contributed by atoms with van der Waals surface area (Å²) in [5.41, 5.74) is 0.933. The van der Waals surface area contributed by atoms with Crippen LogP contribution in [0.1, 0.15) is 38.2 Å². The van der Waals surface area contributed by atoms with Crippen molar-refractivity contribution in [3.05, 3.63) is 34.6 Å². The third-order valence-electron chi connectivity index (χ3n) is 4.12. The van der Waals surface area contributed by atoms with Gasteiger partial charge in [0.2, 0.25) is 0 Å². The van der Waals surface area contributed by atoms with Crippen molar-refractivity contribution in [1.29, 1.82) is 0 Å². The van der Waals surface area contributed by atoms with Gasteiger partial charge in [0.1, 0.15) is 5.82 Å². The van der Waals surface area contributed by atoms with E-state index >= 15 is 0 Å². The number of aliphatic hydroxyl groups is 1. The van der Waals surface area contributed by atoms with E-state index in [0.717, 1.165) is 18.4 Å². The Morgan fingerprint density at radius 3 is 2.75 bits per heavy atom. The van der Waals surface area contributed by atoms with Crippen LogP contribution in [0.4, 0.5) is 4.39 Å². The molecular weight excluding hydrogens is 227 g/mol. The maximum absolute atomic E-state index is 13.1. The molecule has 0 bridgehead atoms. The van der Waals surface area contributed by atoms with Crippen LogP contribution in [-0.2, 0) is 0 Å². The molecule has 0 aromatic heterocycles. The molecule has 0 heterocycles. The lowest BCUT2D eigenvalue weighted by Gasteiger charge is -2.51. The topological polar surface area (TPSA) is 20.2 Å². The van der Waals surface area contributed by atoms with Crippen LogP contribution in [0, 0.1) is 11.2 Å². The molecule has 1 aromatic rings. The molecule has 1 saturated carbocycles. The number of rotatable bonds is 2. The van der Waals surface area contributed by atoms with Crippen molar-refractivity contribution in [2.24, 2.45) is 5.41 Å². The zero-order valence-electron chi connectivity index (χ0n) is 9.50. The van der Waals surface area contributed by atoms with E-state index in [2.05, 4.69) is 13.8 Å². The molecule has 0 spiro atoms. The summed E-state index contributed by atoms with van der Waals surface area (Å²) in [4.78, 5) is 0. The van der Waals surface area contributed by atoms with Gasteiger partial charge in [-0.05, 0) is 36.5 Å². The lowest BCUT2D eigenvalue weighted by Crippen LogP contribution is -2.49. The number of benzene rings is 1. The lowest BCUT2D eigenvalue weighted by atomic mass is 9.55. The fourth-order valence-electron chi connectivity index (χ4n) is 2.56. The van der Waals surface area contributed by atoms with Gasteiger partial charge in [-0.25, -0.2) is 4.39 Å². The van der Waals surface area contributed by atoms with E-state index < -0.39 is 0 Å². The summed E-state index contributed by atoms with van der Waals surface area (Å²) in [5, 5.41) is 9.98. The standard InChI is InChI=1S/C13H16ClFO/c1-3-13(2)9(7-12(13)16)8-4-5-11(15)10(14)6-8/h4-6,9,12,16H,3,7H2,1-2H3. The van der Waals surface area contributed by atoms with Gasteiger partial charge < -0.3 is 5.11 Å². The highest BCUT2D eigenvalue weighted by molar-refractivity contribution is 6.30. The molecule has 0 saturated heterocycles. The highest BCUT2D eigenvalue weighted by Crippen LogP contribution is 2.55. The van der Waals surface area contributed by atoms with Gasteiger partial charge in [-0.15, -0.1) is 0 Å². The number of halogens is 2. The first kappa shape index (κ1) is 11.9. The number of hydrogen-bond acceptors (Lipinski definition) is 1. The molecule has 0 aliphatic heterocycles. The van der Waals surface area contributed by atoms with Crippen molar-refractivity contribution in [2.75, 3.05) is 0 Å². The Morgan fingerprint density at radius 1 is 1.56 bits per heavy atom. The molecule has 2 rings (SSSR count). The van der Waals surface area contributed by atoms with Gasteiger partial charge in [-0.2, -0.15) is 0 Å². The third kappa shape index (κ3) is 1.64. The van der Waals surface area contributed by atoms with Crippen LogP contribution in [0.3, 0.4) is 0 Å². The van der Waals surface area contributed by atoms with E-state index in [4.69, 9.17) is 11.6 Å². The minimum atomic E-state index is -0.386. The van der Waals surface area contributed by atoms with Gasteiger partial charge in [0.05, 0.1) is 11.1 Å². The molecule has 1 aliphatic rings. The summed E-state index contributed by atoms with van der Waals surface area (Å²) in [7, 11) is 0. The van der Waals surface area contributed by atoms with Crippen LogP contribution in [0.15, 0.2) is 18.2 Å². The molecule has 16 heavy (non-hydrogen) atoms. The van der Waals surface area contributed by atoms with Crippen molar-refractivity contribution < 1.29 is 9.50 Å². The third-order valence-corrected chi connectivity index (χ3v) is 4.41. The monoisotopic (exact) mass is 242 g/mol. The minimum Gasteiger partial charge on any atom is -0.393 e. The van der Waals surface area contributed by atoms with Gasteiger partial charge in [-0.1, -0.05) is 31.5 Å². The van der Waals surface area contributed by atoms with Crippen LogP contribution in [0.2, 0.25) is 5.02 Å². The molecule has 3 unspecified atom stereocenters. The normalized spacial score (nSPS) is 33.6. The molecule has 0 amide bonds. The quantitative estimate of drug-likeness (QED) is 0.838. The predicted octanol–water partition coefficient (Wildman–Crippen LogP) is 3.74. The van der Waals surface area contributed by atoms with Crippen LogP contribution in [0.25, 0.3) is 0 Å². The van der Waals surface area contributed by atoms with Crippen molar-refractivity contribution in [2.45, 2.75) is 38.7 Å². The maximum Gasteiger partial charge on any atom is 0.141 e. The SMILES string of the molecule is CCC1(C)C(O)CC1c1ccc(F)c(Cl)c1. The first-order valence-corrected chi connectivity index (χ1v) is 6.00. The van der Waals surface area contributed by atoms with Crippen LogP contribution in [-0.4, -0.2) is 11.2 Å². The Bertz CT molecular complexity index is 407. The van der Waals surface area contributed by atoms with Crippen LogP contribution < -0.4 is 0 Å². The van der Waals surface area contributed by atoms with Crippen molar-refractivity contribution in [3.8, 4) is 0 Å². The Hall–Kier alpha value is -0.600. The highest BCUT2D eigenvalue weighted by atomic mass is 35.5. The van der Waals surface area contributed by atoms with Gasteiger partial charge in [0.15, 0.2) is 0 Å². The van der Waals surface area contributed by atoms with E-state index in [0.29, 0.717) is 0 Å². The fourth-order valence-corrected chi connectivity index (χ4v) is 2.75. The van der Waals surface area contributed by atoms with Crippen LogP contribution >= 0.6 is 11.6 Å². The molecule has 1 N–H and O–H groups in total. The van der Waals surface area contributed by atoms with E-state index in [1.54, 1.807) is 12.1 Å². The Labute approximate surface area is 100 Å². The molecular formula is C13H16ClFO. The molecule has 1 fully saturated rings. The summed E-state index contributed by atoms with van der Waals surface area (Å²) in [6, 6.07) is 4.85. The number of hydrogen-bond donors (Lipinski definition) is 1. The first-order valence-electron chi connectivity index (χ1n) is 5.62. The van der Waals surface area contributed by atoms with E-state index in [9.17, 15) is 9.50 Å². The molecule has 1 aromatic carbocycles. The maximum atomic E-state index is 13.1. The second kappa shape index (κ2) is 4.01. The Morgan fingerprint density at radius 2 is 2.25 bits per heavy atom. The second-order valence-corrected chi connectivity index (χ2v) is 5.24. The fraction of sp³-hybridized carbons (Fsp3) is 0.538. The molecule has 3 heteroatoms. The van der Waals surface area contributed by atoms with E-state index in [1.165, 1.54) is 6.07 Å². The zero-order valence-corrected chi connectivity index (χ0v) is 10.3. The Kier molecular flexibility index (Phi) is 2.97. The molecule has 88 valence electrons. The highest BCUT2D eigenvalue weighted by Gasteiger charge is 2.50. The summed E-state index contributed by atoms with van der Waals surface area (Å²) in [5.74, 6) is -0.103. The zero-order chi connectivity index (χ0) is 11.9. The van der Waals surface area contributed by atoms with Crippen molar-refractivity contribution >= 4 is 11.6 Å². The van der Waals surface area contributed by atoms with Gasteiger partial charge in [0, 0.05) is 5.41 Å². The molecule has 1 aliphatic carbocycles. The molecule has 1 nitrogen and oxygen atoms in total. The van der Waals surface area contributed by atoms with E-state index in [1.807, 2.05) is 0 Å². The largest absolute Gasteiger partial charge is 0.393 e. The number of aliphatic hydroxyl groups excluding tert-OH is 1. The van der Waals surface area contributed by atoms with Crippen molar-refractivity contribution in [3.63, 3.8) is 0 Å². The Balaban J connectivity index is 2.29. The minimum absolute atomic E-state index is 0.0961. The van der Waals surface area contributed by atoms with Crippen LogP contribution in [0.5, 0.6) is 0 Å². The lowest BCUT2D eigenvalue weighted by molar-refractivity contribution is -0.0777. The summed E-state index contributed by atoms with van der Waals surface area (Å²) >= 11 is 5.77. The predicted molar refractivity (Wildman–Crippen MR) is 63.2 cm³/mol. The molecule has 3 atom stereocenters. The average Bonchev–Trinajstić information content (AvgIpc) is 2.28. The van der Waals surface area contributed by atoms with E-state index in [-0.39, 0.29) is 28.3 Å². The summed E-state index contributed by atoms with van der Waals surface area (Å²) in [6.45, 7) is 4.14. The van der Waals surface area contributed by atoms with Gasteiger partial charge in [0.25, 0.3) is 0 Å². The van der Waals surface area contributed by atoms with Gasteiger partial charge >= 0.3 is 0 Å². The summed E-state index contributed by atoms with van der Waals surface area (Å²) in [6.07, 6.45) is 1.39. The smallest absolute Gasteiger partial charge is 0.141 e.